The molecule has 74 valence electrons. The van der Waals surface area contributed by atoms with E-state index in [0.717, 1.165) is 5.57 Å². The molecule has 2 rings (SSSR count). The minimum Gasteiger partial charge on any atom is -0.392 e. The molecule has 2 nitrogen and oxygen atoms in total. The summed E-state index contributed by atoms with van der Waals surface area (Å²) in [6, 6.07) is 0. The molecule has 0 aromatic rings. The van der Waals surface area contributed by atoms with Crippen molar-refractivity contribution in [3.05, 3.63) is 11.6 Å². The second kappa shape index (κ2) is 3.03. The summed E-state index contributed by atoms with van der Waals surface area (Å²) >= 11 is 0. The lowest BCUT2D eigenvalue weighted by Gasteiger charge is -2.19. The number of halogens is 2. The molecule has 0 spiro atoms. The van der Waals surface area contributed by atoms with Crippen LogP contribution in [0.4, 0.5) is 8.78 Å². The number of fused-ring (bicyclic) bond motifs is 2. The summed E-state index contributed by atoms with van der Waals surface area (Å²) in [6.07, 6.45) is 1.48. The summed E-state index contributed by atoms with van der Waals surface area (Å²) < 4.78 is 28.5. The molecule has 1 fully saturated rings. The van der Waals surface area contributed by atoms with Gasteiger partial charge in [0, 0.05) is 11.8 Å². The third kappa shape index (κ3) is 1.38. The highest BCUT2D eigenvalue weighted by Crippen LogP contribution is 2.46. The molecule has 2 aliphatic carbocycles. The first-order valence-corrected chi connectivity index (χ1v) is 4.39. The van der Waals surface area contributed by atoms with Crippen molar-refractivity contribution in [1.29, 1.82) is 0 Å². The molecule has 0 heterocycles. The maximum Gasteiger partial charge on any atom is 0.345 e. The molecule has 0 aromatic heterocycles. The van der Waals surface area contributed by atoms with Gasteiger partial charge in [-0.1, -0.05) is 11.6 Å². The molecule has 4 heteroatoms. The van der Waals surface area contributed by atoms with E-state index in [1.54, 1.807) is 0 Å². The Morgan fingerprint density at radius 1 is 1.62 bits per heavy atom. The van der Waals surface area contributed by atoms with Crippen LogP contribution in [0.5, 0.6) is 0 Å². The fraction of sp³-hybridized carbons (Fsp3) is 0.778. The molecule has 0 aromatic carbocycles. The molecule has 0 saturated heterocycles. The Bertz CT molecular complexity index is 240. The van der Waals surface area contributed by atoms with Crippen LogP contribution >= 0.6 is 0 Å². The van der Waals surface area contributed by atoms with Gasteiger partial charge in [0.25, 0.3) is 0 Å². The topological polar surface area (TPSA) is 29.5 Å². The fourth-order valence-corrected chi connectivity index (χ4v) is 2.52. The predicted molar refractivity (Wildman–Crippen MR) is 42.2 cm³/mol. The van der Waals surface area contributed by atoms with Crippen LogP contribution in [0.15, 0.2) is 11.6 Å². The lowest BCUT2D eigenvalue weighted by Crippen LogP contribution is -2.26. The molecule has 0 radical (unpaired) electrons. The van der Waals surface area contributed by atoms with Crippen LogP contribution in [-0.4, -0.2) is 23.9 Å². The zero-order valence-electron chi connectivity index (χ0n) is 7.28. The van der Waals surface area contributed by atoms with Gasteiger partial charge in [-0.25, -0.2) is 0 Å². The van der Waals surface area contributed by atoms with Crippen molar-refractivity contribution in [2.75, 3.05) is 0 Å². The van der Waals surface area contributed by atoms with E-state index in [2.05, 4.69) is 4.74 Å². The lowest BCUT2D eigenvalue weighted by molar-refractivity contribution is -0.174. The van der Waals surface area contributed by atoms with Crippen molar-refractivity contribution in [1.82, 2.24) is 0 Å². The van der Waals surface area contributed by atoms with E-state index in [-0.39, 0.29) is 11.8 Å². The van der Waals surface area contributed by atoms with E-state index in [9.17, 15) is 13.9 Å². The third-order valence-corrected chi connectivity index (χ3v) is 2.97. The van der Waals surface area contributed by atoms with Crippen LogP contribution < -0.4 is 0 Å². The number of hydrogen-bond donors (Lipinski definition) is 1. The van der Waals surface area contributed by atoms with Gasteiger partial charge in [-0.05, 0) is 13.3 Å². The highest BCUT2D eigenvalue weighted by molar-refractivity contribution is 5.24. The van der Waals surface area contributed by atoms with Crippen LogP contribution in [0, 0.1) is 11.8 Å². The van der Waals surface area contributed by atoms with E-state index in [0.29, 0.717) is 6.42 Å². The molecule has 4 unspecified atom stereocenters. The van der Waals surface area contributed by atoms with Gasteiger partial charge in [0.15, 0.2) is 0 Å². The van der Waals surface area contributed by atoms with Gasteiger partial charge >= 0.3 is 6.61 Å². The minimum atomic E-state index is -2.74. The van der Waals surface area contributed by atoms with Gasteiger partial charge in [0.1, 0.15) is 0 Å². The zero-order valence-corrected chi connectivity index (χ0v) is 7.28. The average molecular weight is 190 g/mol. The van der Waals surface area contributed by atoms with E-state index in [4.69, 9.17) is 0 Å². The monoisotopic (exact) mass is 190 g/mol. The van der Waals surface area contributed by atoms with E-state index >= 15 is 0 Å². The standard InChI is InChI=1S/C9H12F2O2/c1-4-2-5-3-6(12)7(4)8(5)13-9(10)11/h2,5-9,12H,3H2,1H3. The summed E-state index contributed by atoms with van der Waals surface area (Å²) in [4.78, 5) is 0. The lowest BCUT2D eigenvalue weighted by atomic mass is 9.97. The van der Waals surface area contributed by atoms with E-state index in [1.165, 1.54) is 0 Å². The molecule has 4 atom stereocenters. The molecule has 0 aliphatic heterocycles. The Labute approximate surface area is 75.2 Å². The van der Waals surface area contributed by atoms with Gasteiger partial charge in [0.2, 0.25) is 0 Å². The van der Waals surface area contributed by atoms with Crippen LogP contribution in [0.3, 0.4) is 0 Å². The van der Waals surface area contributed by atoms with Gasteiger partial charge in [0.05, 0.1) is 12.2 Å². The van der Waals surface area contributed by atoms with Crippen LogP contribution in [0.1, 0.15) is 13.3 Å². The van der Waals surface area contributed by atoms with Crippen molar-refractivity contribution >= 4 is 0 Å². The molecule has 13 heavy (non-hydrogen) atoms. The number of hydrogen-bond acceptors (Lipinski definition) is 2. The highest BCUT2D eigenvalue weighted by Gasteiger charge is 2.48. The Hall–Kier alpha value is -0.480. The maximum atomic E-state index is 12.0. The largest absolute Gasteiger partial charge is 0.392 e. The second-order valence-electron chi connectivity index (χ2n) is 3.76. The van der Waals surface area contributed by atoms with Gasteiger partial charge in [-0.2, -0.15) is 8.78 Å². The van der Waals surface area contributed by atoms with Crippen molar-refractivity contribution in [3.63, 3.8) is 0 Å². The molecular weight excluding hydrogens is 178 g/mol. The normalized spacial score (nSPS) is 43.0. The van der Waals surface area contributed by atoms with Gasteiger partial charge in [-0.3, -0.25) is 0 Å². The summed E-state index contributed by atoms with van der Waals surface area (Å²) in [5.74, 6) is -0.229. The third-order valence-electron chi connectivity index (χ3n) is 2.97. The first-order valence-electron chi connectivity index (χ1n) is 4.39. The highest BCUT2D eigenvalue weighted by atomic mass is 19.3. The molecule has 2 bridgehead atoms. The maximum absolute atomic E-state index is 12.0. The summed E-state index contributed by atoms with van der Waals surface area (Å²) in [5, 5.41) is 9.51. The Kier molecular flexibility index (Phi) is 2.12. The van der Waals surface area contributed by atoms with Gasteiger partial charge < -0.3 is 9.84 Å². The van der Waals surface area contributed by atoms with Crippen molar-refractivity contribution in [3.8, 4) is 0 Å². The number of rotatable bonds is 2. The smallest absolute Gasteiger partial charge is 0.345 e. The SMILES string of the molecule is CC1=CC2CC(O)C1C2OC(F)F. The fourth-order valence-electron chi connectivity index (χ4n) is 2.52. The summed E-state index contributed by atoms with van der Waals surface area (Å²) in [7, 11) is 0. The zero-order chi connectivity index (χ0) is 9.59. The van der Waals surface area contributed by atoms with Crippen molar-refractivity contribution in [2.45, 2.75) is 32.2 Å². The Balaban J connectivity index is 2.10. The Morgan fingerprint density at radius 3 is 2.77 bits per heavy atom. The van der Waals surface area contributed by atoms with Crippen LogP contribution in [0.2, 0.25) is 0 Å². The number of alkyl halides is 2. The first kappa shape index (κ1) is 9.09. The quantitative estimate of drug-likeness (QED) is 0.669. The molecule has 2 aliphatic rings. The van der Waals surface area contributed by atoms with Crippen molar-refractivity contribution < 1.29 is 18.6 Å². The molecule has 1 saturated carbocycles. The van der Waals surface area contributed by atoms with E-state index < -0.39 is 18.8 Å². The minimum absolute atomic E-state index is 0.0194. The van der Waals surface area contributed by atoms with E-state index in [1.807, 2.05) is 13.0 Å². The van der Waals surface area contributed by atoms with Gasteiger partial charge in [-0.15, -0.1) is 0 Å². The summed E-state index contributed by atoms with van der Waals surface area (Å²) in [6.45, 7) is -0.880. The first-order chi connectivity index (χ1) is 6.09. The molecule has 0 amide bonds. The number of ether oxygens (including phenoxy) is 1. The number of aliphatic hydroxyl groups excluding tert-OH is 1. The Morgan fingerprint density at radius 2 is 2.31 bits per heavy atom. The predicted octanol–water partition coefficient (Wildman–Crippen LogP) is 1.55. The molecular formula is C9H12F2O2. The van der Waals surface area contributed by atoms with Crippen LogP contribution in [-0.2, 0) is 4.74 Å². The second-order valence-corrected chi connectivity index (χ2v) is 3.76. The van der Waals surface area contributed by atoms with Crippen molar-refractivity contribution in [2.24, 2.45) is 11.8 Å². The summed E-state index contributed by atoms with van der Waals surface area (Å²) in [5.41, 5.74) is 0.981. The number of aliphatic hydroxyl groups is 1. The average Bonchev–Trinajstić information content (AvgIpc) is 2.39. The molecule has 1 N–H and O–H groups in total. The van der Waals surface area contributed by atoms with Crippen LogP contribution in [0.25, 0.3) is 0 Å².